The van der Waals surface area contributed by atoms with E-state index in [0.717, 1.165) is 0 Å². The van der Waals surface area contributed by atoms with Gasteiger partial charge in [0.25, 0.3) is 0 Å². The summed E-state index contributed by atoms with van der Waals surface area (Å²) >= 11 is 0. The second-order valence-corrected chi connectivity index (χ2v) is 0.785. The van der Waals surface area contributed by atoms with E-state index in [0.29, 0.717) is 0 Å². The third-order valence-corrected chi connectivity index (χ3v) is 0.1000. The Morgan fingerprint density at radius 2 is 1.50 bits per heavy atom. The molecule has 0 unspecified atom stereocenters. The zero-order valence-corrected chi connectivity index (χ0v) is 4.24. The Bertz CT molecular complexity index is 49.2. The Hall–Kier alpha value is -0.810. The lowest BCUT2D eigenvalue weighted by molar-refractivity contribution is 0.186. The summed E-state index contributed by atoms with van der Waals surface area (Å²) in [6, 6.07) is 0. The van der Waals surface area contributed by atoms with E-state index in [4.69, 9.17) is 20.1 Å². The molecule has 0 atom stereocenters. The van der Waals surface area contributed by atoms with Gasteiger partial charge in [0.15, 0.2) is 0 Å². The van der Waals surface area contributed by atoms with Crippen LogP contribution in [0.5, 0.6) is 0 Å². The standard InChI is InChI=1S/C2H6O2.CH3NO2/c3-1-2-4;2-1(3)4/h3-4H,1-2H2;2H2,(H,3,4). The molecule has 0 aromatic heterocycles. The van der Waals surface area contributed by atoms with Gasteiger partial charge >= 0.3 is 6.09 Å². The molecule has 5 nitrogen and oxygen atoms in total. The van der Waals surface area contributed by atoms with Crippen molar-refractivity contribution < 1.29 is 20.1 Å². The van der Waals surface area contributed by atoms with Gasteiger partial charge in [0, 0.05) is 0 Å². The summed E-state index contributed by atoms with van der Waals surface area (Å²) in [5, 5.41) is 22.4. The lowest BCUT2D eigenvalue weighted by atomic mass is 10.8. The van der Waals surface area contributed by atoms with E-state index in [1.807, 2.05) is 0 Å². The van der Waals surface area contributed by atoms with E-state index in [1.54, 1.807) is 0 Å². The molecule has 0 aromatic rings. The summed E-state index contributed by atoms with van der Waals surface area (Å²) in [7, 11) is 0. The summed E-state index contributed by atoms with van der Waals surface area (Å²) in [6.45, 7) is -0.250. The maximum absolute atomic E-state index is 8.78. The number of carbonyl (C=O) groups is 1. The zero-order valence-electron chi connectivity index (χ0n) is 4.24. The molecule has 0 rings (SSSR count). The van der Waals surface area contributed by atoms with E-state index in [9.17, 15) is 0 Å². The first kappa shape index (κ1) is 10.2. The van der Waals surface area contributed by atoms with E-state index in [-0.39, 0.29) is 13.2 Å². The van der Waals surface area contributed by atoms with Crippen LogP contribution in [-0.4, -0.2) is 34.6 Å². The van der Waals surface area contributed by atoms with Crippen molar-refractivity contribution >= 4 is 6.09 Å². The fourth-order valence-corrected chi connectivity index (χ4v) is 0. The van der Waals surface area contributed by atoms with Gasteiger partial charge in [0.1, 0.15) is 0 Å². The molecule has 0 aliphatic carbocycles. The van der Waals surface area contributed by atoms with Crippen LogP contribution in [0.25, 0.3) is 0 Å². The SMILES string of the molecule is NC(=O)O.OCCO. The molecular weight excluding hydrogens is 114 g/mol. The average molecular weight is 123 g/mol. The lowest BCUT2D eigenvalue weighted by Crippen LogP contribution is -2.03. The van der Waals surface area contributed by atoms with Crippen molar-refractivity contribution in [3.05, 3.63) is 0 Å². The molecule has 0 radical (unpaired) electrons. The predicted octanol–water partition coefficient (Wildman–Crippen LogP) is -1.41. The predicted molar refractivity (Wildman–Crippen MR) is 26.4 cm³/mol. The number of hydrogen-bond acceptors (Lipinski definition) is 3. The van der Waals surface area contributed by atoms with Crippen LogP contribution in [0.1, 0.15) is 0 Å². The van der Waals surface area contributed by atoms with Crippen molar-refractivity contribution in [1.82, 2.24) is 0 Å². The summed E-state index contributed by atoms with van der Waals surface area (Å²) in [5.74, 6) is 0. The molecule has 0 heterocycles. The first-order valence-electron chi connectivity index (χ1n) is 1.85. The summed E-state index contributed by atoms with van der Waals surface area (Å²) in [6.07, 6.45) is -1.33. The molecular formula is C3H9NO4. The van der Waals surface area contributed by atoms with Crippen molar-refractivity contribution in [2.45, 2.75) is 0 Å². The smallest absolute Gasteiger partial charge is 0.402 e. The minimum Gasteiger partial charge on any atom is -0.465 e. The fourth-order valence-electron chi connectivity index (χ4n) is 0. The second-order valence-electron chi connectivity index (χ2n) is 0.785. The Kier molecular flexibility index (Phi) is 12.1. The number of primary amides is 1. The quantitative estimate of drug-likeness (QED) is 0.344. The maximum Gasteiger partial charge on any atom is 0.402 e. The van der Waals surface area contributed by atoms with Gasteiger partial charge in [0.05, 0.1) is 13.2 Å². The molecule has 0 aliphatic heterocycles. The van der Waals surface area contributed by atoms with Crippen molar-refractivity contribution in [3.8, 4) is 0 Å². The molecule has 0 aliphatic rings. The van der Waals surface area contributed by atoms with Gasteiger partial charge in [-0.1, -0.05) is 0 Å². The number of hydrogen-bond donors (Lipinski definition) is 4. The topological polar surface area (TPSA) is 104 Å². The number of carboxylic acid groups (broad SMARTS) is 1. The highest BCUT2D eigenvalue weighted by molar-refractivity contribution is 5.61. The Balaban J connectivity index is 0. The molecule has 1 amide bonds. The monoisotopic (exact) mass is 123 g/mol. The lowest BCUT2D eigenvalue weighted by Gasteiger charge is -1.70. The fraction of sp³-hybridized carbons (Fsp3) is 0.667. The van der Waals surface area contributed by atoms with Gasteiger partial charge in [-0.3, -0.25) is 0 Å². The van der Waals surface area contributed by atoms with E-state index >= 15 is 0 Å². The molecule has 5 N–H and O–H groups in total. The minimum absolute atomic E-state index is 0.125. The summed E-state index contributed by atoms with van der Waals surface area (Å²) < 4.78 is 0. The van der Waals surface area contributed by atoms with Crippen molar-refractivity contribution in [3.63, 3.8) is 0 Å². The third kappa shape index (κ3) is 2520. The molecule has 5 heteroatoms. The molecule has 0 bridgehead atoms. The van der Waals surface area contributed by atoms with Crippen molar-refractivity contribution in [1.29, 1.82) is 0 Å². The number of rotatable bonds is 1. The zero-order chi connectivity index (χ0) is 6.99. The first-order chi connectivity index (χ1) is 3.65. The van der Waals surface area contributed by atoms with E-state index in [1.165, 1.54) is 0 Å². The van der Waals surface area contributed by atoms with Gasteiger partial charge in [-0.15, -0.1) is 0 Å². The molecule has 8 heavy (non-hydrogen) atoms. The first-order valence-corrected chi connectivity index (χ1v) is 1.85. The van der Waals surface area contributed by atoms with Crippen LogP contribution < -0.4 is 5.73 Å². The summed E-state index contributed by atoms with van der Waals surface area (Å²) in [4.78, 5) is 8.78. The van der Waals surface area contributed by atoms with Gasteiger partial charge in [0.2, 0.25) is 0 Å². The molecule has 0 fully saturated rings. The maximum atomic E-state index is 8.78. The van der Waals surface area contributed by atoms with Crippen molar-refractivity contribution in [2.24, 2.45) is 5.73 Å². The average Bonchev–Trinajstić information content (AvgIpc) is 1.65. The molecule has 0 spiro atoms. The van der Waals surface area contributed by atoms with Crippen LogP contribution in [0.3, 0.4) is 0 Å². The highest BCUT2D eigenvalue weighted by Crippen LogP contribution is 1.39. The van der Waals surface area contributed by atoms with Gasteiger partial charge in [-0.2, -0.15) is 0 Å². The van der Waals surface area contributed by atoms with E-state index in [2.05, 4.69) is 5.73 Å². The number of amides is 1. The van der Waals surface area contributed by atoms with Gasteiger partial charge < -0.3 is 21.1 Å². The van der Waals surface area contributed by atoms with E-state index < -0.39 is 6.09 Å². The Morgan fingerprint density at radius 1 is 1.38 bits per heavy atom. The minimum atomic E-state index is -1.33. The second kappa shape index (κ2) is 9.50. The Morgan fingerprint density at radius 3 is 1.50 bits per heavy atom. The Labute approximate surface area is 46.4 Å². The van der Waals surface area contributed by atoms with Crippen LogP contribution >= 0.6 is 0 Å². The van der Waals surface area contributed by atoms with Crippen LogP contribution in [0, 0.1) is 0 Å². The molecule has 0 saturated heterocycles. The highest BCUT2D eigenvalue weighted by atomic mass is 16.4. The van der Waals surface area contributed by atoms with Crippen LogP contribution in [-0.2, 0) is 0 Å². The number of nitrogens with two attached hydrogens (primary N) is 1. The number of aliphatic hydroxyl groups is 2. The molecule has 0 aromatic carbocycles. The summed E-state index contributed by atoms with van der Waals surface area (Å²) in [5.41, 5.74) is 4.03. The largest absolute Gasteiger partial charge is 0.465 e. The van der Waals surface area contributed by atoms with Gasteiger partial charge in [-0.05, 0) is 0 Å². The van der Waals surface area contributed by atoms with Gasteiger partial charge in [-0.25, -0.2) is 4.79 Å². The van der Waals surface area contributed by atoms with Crippen molar-refractivity contribution in [2.75, 3.05) is 13.2 Å². The molecule has 0 saturated carbocycles. The third-order valence-electron chi connectivity index (χ3n) is 0.1000. The van der Waals surface area contributed by atoms with Crippen LogP contribution in [0.2, 0.25) is 0 Å². The van der Waals surface area contributed by atoms with Crippen LogP contribution in [0.15, 0.2) is 0 Å². The van der Waals surface area contributed by atoms with Crippen LogP contribution in [0.4, 0.5) is 4.79 Å². The molecule has 50 valence electrons. The normalized spacial score (nSPS) is 6.75. The number of aliphatic hydroxyl groups excluding tert-OH is 2. The highest BCUT2D eigenvalue weighted by Gasteiger charge is 1.65.